The Balaban J connectivity index is 3.46. The molecule has 11 heavy (non-hydrogen) atoms. The Hall–Kier alpha value is 0.140. The summed E-state index contributed by atoms with van der Waals surface area (Å²) in [4.78, 5) is 0. The minimum atomic E-state index is -0.102. The Kier molecular flexibility index (Phi) is 6.91. The average molecular weight is 190 g/mol. The van der Waals surface area contributed by atoms with Gasteiger partial charge in [-0.3, -0.25) is 0 Å². The van der Waals surface area contributed by atoms with E-state index in [-0.39, 0.29) is 10.9 Å². The van der Waals surface area contributed by atoms with Crippen LogP contribution in [-0.2, 0) is 4.74 Å². The first-order chi connectivity index (χ1) is 5.20. The Morgan fingerprint density at radius 1 is 1.09 bits per heavy atom. The lowest BCUT2D eigenvalue weighted by atomic mass is 10.4. The molecule has 0 aliphatic rings. The van der Waals surface area contributed by atoms with Crippen LogP contribution in [-0.4, -0.2) is 10.9 Å². The third kappa shape index (κ3) is 6.53. The van der Waals surface area contributed by atoms with Crippen molar-refractivity contribution in [1.82, 2.24) is 0 Å². The normalized spacial score (nSPS) is 15.5. The number of thiol groups is 2. The predicted octanol–water partition coefficient (Wildman–Crippen LogP) is 2.67. The maximum absolute atomic E-state index is 5.32. The molecule has 0 bridgehead atoms. The highest BCUT2D eigenvalue weighted by molar-refractivity contribution is 7.81. The first-order valence-corrected chi connectivity index (χ1v) is 4.47. The summed E-state index contributed by atoms with van der Waals surface area (Å²) in [6, 6.07) is 0. The van der Waals surface area contributed by atoms with E-state index in [1.807, 2.05) is 0 Å². The van der Waals surface area contributed by atoms with Gasteiger partial charge in [0.05, 0.1) is 0 Å². The van der Waals surface area contributed by atoms with Crippen molar-refractivity contribution in [2.24, 2.45) is 0 Å². The lowest BCUT2D eigenvalue weighted by Crippen LogP contribution is -2.11. The molecular formula is C8H14OS2. The molecule has 0 rings (SSSR count). The third-order valence-corrected chi connectivity index (χ3v) is 1.72. The van der Waals surface area contributed by atoms with Crippen LogP contribution in [0.2, 0.25) is 0 Å². The largest absolute Gasteiger partial charge is 0.354 e. The minimum Gasteiger partial charge on any atom is -0.354 e. The quantitative estimate of drug-likeness (QED) is 0.372. The third-order valence-electron chi connectivity index (χ3n) is 1.05. The molecule has 0 aromatic carbocycles. The Morgan fingerprint density at radius 3 is 1.73 bits per heavy atom. The summed E-state index contributed by atoms with van der Waals surface area (Å²) in [5.41, 5.74) is -0.204. The monoisotopic (exact) mass is 190 g/mol. The van der Waals surface area contributed by atoms with Crippen LogP contribution in [0.3, 0.4) is 0 Å². The second-order valence-corrected chi connectivity index (χ2v) is 3.25. The van der Waals surface area contributed by atoms with Crippen LogP contribution in [0.25, 0.3) is 0 Å². The highest BCUT2D eigenvalue weighted by atomic mass is 32.1. The molecule has 64 valence electrons. The molecule has 0 aromatic rings. The fraction of sp³-hybridized carbons (Fsp3) is 0.500. The van der Waals surface area contributed by atoms with Gasteiger partial charge in [-0.2, -0.15) is 0 Å². The minimum absolute atomic E-state index is 0.102. The van der Waals surface area contributed by atoms with Gasteiger partial charge in [0.2, 0.25) is 0 Å². The molecule has 0 aromatic heterocycles. The zero-order valence-electron chi connectivity index (χ0n) is 6.44. The fourth-order valence-corrected chi connectivity index (χ4v) is 1.27. The van der Waals surface area contributed by atoms with E-state index in [9.17, 15) is 0 Å². The molecule has 2 unspecified atom stereocenters. The summed E-state index contributed by atoms with van der Waals surface area (Å²) >= 11 is 8.33. The van der Waals surface area contributed by atoms with Crippen LogP contribution in [0, 0.1) is 0 Å². The summed E-state index contributed by atoms with van der Waals surface area (Å²) in [7, 11) is 0. The van der Waals surface area contributed by atoms with E-state index in [2.05, 4.69) is 38.4 Å². The molecule has 0 radical (unpaired) electrons. The van der Waals surface area contributed by atoms with E-state index < -0.39 is 0 Å². The standard InChI is InChI=1S/C8H14OS2/c1-3-5-7(10)9-8(11)6-4-2/h3-4,7-8,10-11H,1-2,5-6H2. The van der Waals surface area contributed by atoms with Gasteiger partial charge >= 0.3 is 0 Å². The van der Waals surface area contributed by atoms with E-state index in [0.29, 0.717) is 0 Å². The maximum atomic E-state index is 5.32. The number of ether oxygens (including phenoxy) is 1. The van der Waals surface area contributed by atoms with Crippen LogP contribution in [0.5, 0.6) is 0 Å². The number of hydrogen-bond acceptors (Lipinski definition) is 3. The van der Waals surface area contributed by atoms with E-state index >= 15 is 0 Å². The molecule has 0 N–H and O–H groups in total. The lowest BCUT2D eigenvalue weighted by molar-refractivity contribution is 0.0978. The second-order valence-electron chi connectivity index (χ2n) is 2.09. The summed E-state index contributed by atoms with van der Waals surface area (Å²) in [6.45, 7) is 7.16. The molecule has 0 spiro atoms. The molecule has 1 nitrogen and oxygen atoms in total. The van der Waals surface area contributed by atoms with Gasteiger partial charge < -0.3 is 4.74 Å². The predicted molar refractivity (Wildman–Crippen MR) is 56.3 cm³/mol. The Bertz CT molecular complexity index is 111. The number of hydrogen-bond donors (Lipinski definition) is 2. The summed E-state index contributed by atoms with van der Waals surface area (Å²) in [6.07, 6.45) is 5.01. The van der Waals surface area contributed by atoms with Gasteiger partial charge in [0.25, 0.3) is 0 Å². The molecule has 0 amide bonds. The molecule has 0 saturated heterocycles. The van der Waals surface area contributed by atoms with Gasteiger partial charge in [-0.1, -0.05) is 12.2 Å². The molecule has 0 fully saturated rings. The second kappa shape index (κ2) is 6.83. The maximum Gasteiger partial charge on any atom is 0.105 e. The van der Waals surface area contributed by atoms with Gasteiger partial charge in [-0.05, 0) is 0 Å². The van der Waals surface area contributed by atoms with Crippen molar-refractivity contribution in [2.75, 3.05) is 0 Å². The van der Waals surface area contributed by atoms with Crippen molar-refractivity contribution in [2.45, 2.75) is 23.7 Å². The summed E-state index contributed by atoms with van der Waals surface area (Å²) in [5, 5.41) is 0. The zero-order chi connectivity index (χ0) is 8.69. The van der Waals surface area contributed by atoms with Crippen molar-refractivity contribution >= 4 is 25.3 Å². The van der Waals surface area contributed by atoms with Gasteiger partial charge in [0.15, 0.2) is 0 Å². The van der Waals surface area contributed by atoms with E-state index in [0.717, 1.165) is 12.8 Å². The van der Waals surface area contributed by atoms with Crippen molar-refractivity contribution in [3.8, 4) is 0 Å². The molecule has 3 heteroatoms. The van der Waals surface area contributed by atoms with Crippen molar-refractivity contribution < 1.29 is 4.74 Å². The van der Waals surface area contributed by atoms with Crippen LogP contribution in [0.4, 0.5) is 0 Å². The highest BCUT2D eigenvalue weighted by Crippen LogP contribution is 2.12. The highest BCUT2D eigenvalue weighted by Gasteiger charge is 2.05. The average Bonchev–Trinajstić information content (AvgIpc) is 1.87. The van der Waals surface area contributed by atoms with E-state index in [1.54, 1.807) is 12.2 Å². The fourth-order valence-electron chi connectivity index (χ4n) is 0.578. The number of rotatable bonds is 6. The van der Waals surface area contributed by atoms with Gasteiger partial charge in [-0.25, -0.2) is 0 Å². The Morgan fingerprint density at radius 2 is 1.45 bits per heavy atom. The smallest absolute Gasteiger partial charge is 0.105 e. The van der Waals surface area contributed by atoms with Crippen LogP contribution < -0.4 is 0 Å². The summed E-state index contributed by atoms with van der Waals surface area (Å²) < 4.78 is 5.32. The van der Waals surface area contributed by atoms with Crippen molar-refractivity contribution in [3.05, 3.63) is 25.3 Å². The first kappa shape index (κ1) is 11.1. The SMILES string of the molecule is C=CCC(S)OC(S)CC=C. The van der Waals surface area contributed by atoms with Gasteiger partial charge in [0.1, 0.15) is 10.9 Å². The zero-order valence-corrected chi connectivity index (χ0v) is 8.23. The van der Waals surface area contributed by atoms with E-state index in [4.69, 9.17) is 4.74 Å². The molecule has 0 aliphatic heterocycles. The van der Waals surface area contributed by atoms with Crippen molar-refractivity contribution in [3.63, 3.8) is 0 Å². The topological polar surface area (TPSA) is 9.23 Å². The van der Waals surface area contributed by atoms with Gasteiger partial charge in [0, 0.05) is 12.8 Å². The van der Waals surface area contributed by atoms with Crippen LogP contribution in [0.15, 0.2) is 25.3 Å². The molecule has 0 heterocycles. The summed E-state index contributed by atoms with van der Waals surface area (Å²) in [5.74, 6) is 0. The van der Waals surface area contributed by atoms with Gasteiger partial charge in [-0.15, -0.1) is 38.4 Å². The first-order valence-electron chi connectivity index (χ1n) is 3.44. The molecule has 2 atom stereocenters. The van der Waals surface area contributed by atoms with E-state index in [1.165, 1.54) is 0 Å². The molecule has 0 aliphatic carbocycles. The van der Waals surface area contributed by atoms with Crippen molar-refractivity contribution in [1.29, 1.82) is 0 Å². The molecule has 0 saturated carbocycles. The Labute approximate surface area is 79.3 Å². The van der Waals surface area contributed by atoms with Crippen LogP contribution >= 0.6 is 25.3 Å². The molecular weight excluding hydrogens is 176 g/mol. The lowest BCUT2D eigenvalue weighted by Gasteiger charge is -2.14. The van der Waals surface area contributed by atoms with Crippen LogP contribution in [0.1, 0.15) is 12.8 Å².